The Morgan fingerprint density at radius 1 is 1.03 bits per heavy atom. The number of hydrogen-bond donors (Lipinski definition) is 2. The quantitative estimate of drug-likeness (QED) is 0.595. The predicted octanol–water partition coefficient (Wildman–Crippen LogP) is 1.07. The molecule has 0 radical (unpaired) electrons. The summed E-state index contributed by atoms with van der Waals surface area (Å²) < 4.78 is 26.9. The number of aromatic nitrogens is 1. The van der Waals surface area contributed by atoms with Gasteiger partial charge < -0.3 is 15.5 Å². The Bertz CT molecular complexity index is 1270. The van der Waals surface area contributed by atoms with Gasteiger partial charge >= 0.3 is 11.8 Å². The third kappa shape index (κ3) is 4.65. The Kier molecular flexibility index (Phi) is 6.28. The first kappa shape index (κ1) is 23.4. The van der Waals surface area contributed by atoms with E-state index in [9.17, 15) is 22.8 Å². The van der Waals surface area contributed by atoms with Crippen molar-refractivity contribution in [3.63, 3.8) is 0 Å². The summed E-state index contributed by atoms with van der Waals surface area (Å²) in [5.74, 6) is -1.25. The van der Waals surface area contributed by atoms with Crippen LogP contribution >= 0.6 is 0 Å². The molecule has 184 valence electrons. The predicted molar refractivity (Wildman–Crippen MR) is 128 cm³/mol. The highest BCUT2D eigenvalue weighted by Crippen LogP contribution is 2.38. The maximum Gasteiger partial charge on any atom is 0.313 e. The average Bonchev–Trinajstić information content (AvgIpc) is 3.31. The van der Waals surface area contributed by atoms with E-state index in [0.717, 1.165) is 23.2 Å². The Balaban J connectivity index is 1.12. The van der Waals surface area contributed by atoms with Crippen LogP contribution in [-0.2, 0) is 37.2 Å². The summed E-state index contributed by atoms with van der Waals surface area (Å²) in [6, 6.07) is 6.79. The number of carbonyl (C=O) groups excluding carboxylic acids is 3. The normalized spacial score (nSPS) is 18.3. The van der Waals surface area contributed by atoms with Gasteiger partial charge in [0.1, 0.15) is 4.90 Å². The first-order valence-electron chi connectivity index (χ1n) is 11.8. The average molecular weight is 498 g/mol. The van der Waals surface area contributed by atoms with Gasteiger partial charge in [-0.05, 0) is 67.0 Å². The molecule has 1 fully saturated rings. The van der Waals surface area contributed by atoms with E-state index in [1.807, 2.05) is 12.1 Å². The molecule has 1 saturated heterocycles. The van der Waals surface area contributed by atoms with Crippen molar-refractivity contribution in [2.24, 2.45) is 5.92 Å². The third-order valence-corrected chi connectivity index (χ3v) is 8.79. The highest BCUT2D eigenvalue weighted by molar-refractivity contribution is 7.89. The fourth-order valence-corrected chi connectivity index (χ4v) is 6.47. The number of sulfonamides is 1. The molecule has 2 aromatic rings. The number of nitrogens with one attached hydrogen (secondary N) is 2. The molecule has 0 spiro atoms. The highest BCUT2D eigenvalue weighted by Gasteiger charge is 2.32. The Morgan fingerprint density at radius 3 is 2.49 bits per heavy atom. The number of piperidine rings is 1. The van der Waals surface area contributed by atoms with Crippen molar-refractivity contribution in [2.75, 3.05) is 36.4 Å². The van der Waals surface area contributed by atoms with E-state index in [1.165, 1.54) is 22.8 Å². The second kappa shape index (κ2) is 9.38. The number of aryl methyl sites for hydroxylation is 1. The minimum absolute atomic E-state index is 0.0834. The fraction of sp³-hybridized carbons (Fsp3) is 0.417. The van der Waals surface area contributed by atoms with E-state index >= 15 is 0 Å². The van der Waals surface area contributed by atoms with Crippen molar-refractivity contribution in [2.45, 2.75) is 37.0 Å². The Hall–Kier alpha value is -3.31. The van der Waals surface area contributed by atoms with Gasteiger partial charge in [0.05, 0.1) is 5.69 Å². The van der Waals surface area contributed by atoms with Crippen LogP contribution in [0.4, 0.5) is 11.4 Å². The Morgan fingerprint density at radius 2 is 1.77 bits per heavy atom. The summed E-state index contributed by atoms with van der Waals surface area (Å²) in [6.45, 7) is 1.66. The van der Waals surface area contributed by atoms with E-state index in [-0.39, 0.29) is 16.7 Å². The number of benzene rings is 1. The fourth-order valence-electron chi connectivity index (χ4n) is 5.04. The molecule has 10 nitrogen and oxygen atoms in total. The highest BCUT2D eigenvalue weighted by atomic mass is 32.2. The van der Waals surface area contributed by atoms with Crippen molar-refractivity contribution >= 4 is 39.1 Å². The number of nitrogens with zero attached hydrogens (tertiary/aromatic N) is 3. The Labute approximate surface area is 203 Å². The van der Waals surface area contributed by atoms with Crippen LogP contribution in [0.3, 0.4) is 0 Å². The van der Waals surface area contributed by atoms with Crippen LogP contribution < -0.4 is 15.5 Å². The van der Waals surface area contributed by atoms with E-state index in [2.05, 4.69) is 15.6 Å². The number of amides is 3. The molecule has 35 heavy (non-hydrogen) atoms. The molecule has 0 saturated carbocycles. The van der Waals surface area contributed by atoms with Crippen molar-refractivity contribution in [1.82, 2.24) is 14.6 Å². The number of hydrogen-bond acceptors (Lipinski definition) is 6. The van der Waals surface area contributed by atoms with Crippen LogP contribution in [0.2, 0.25) is 0 Å². The van der Waals surface area contributed by atoms with Gasteiger partial charge in [0, 0.05) is 50.7 Å². The standard InChI is InChI=1S/C24H27N5O5S/c30-21-4-3-17-12-19(13-18-7-11-29(21)22(17)18)27-24(32)23(31)26-14-16-5-9-28(10-6-16)35(33,34)20-2-1-8-25-15-20/h1-2,8,12-13,15-16H,3-7,9-11,14H2,(H,26,31)(H,27,32). The van der Waals surface area contributed by atoms with Gasteiger partial charge in [-0.2, -0.15) is 4.31 Å². The summed E-state index contributed by atoms with van der Waals surface area (Å²) in [7, 11) is -3.58. The molecule has 1 aromatic carbocycles. The van der Waals surface area contributed by atoms with E-state index in [0.29, 0.717) is 57.5 Å². The summed E-state index contributed by atoms with van der Waals surface area (Å²) in [5.41, 5.74) is 3.55. The number of carbonyl (C=O) groups is 3. The molecule has 0 unspecified atom stereocenters. The number of pyridine rings is 1. The minimum atomic E-state index is -3.58. The maximum atomic E-state index is 12.7. The minimum Gasteiger partial charge on any atom is -0.348 e. The molecule has 0 atom stereocenters. The van der Waals surface area contributed by atoms with Crippen molar-refractivity contribution in [3.8, 4) is 0 Å². The molecule has 1 aromatic heterocycles. The molecule has 3 aliphatic rings. The van der Waals surface area contributed by atoms with Gasteiger partial charge in [0.2, 0.25) is 15.9 Å². The van der Waals surface area contributed by atoms with Crippen molar-refractivity contribution < 1.29 is 22.8 Å². The zero-order valence-electron chi connectivity index (χ0n) is 19.2. The topological polar surface area (TPSA) is 129 Å². The molecule has 5 rings (SSSR count). The lowest BCUT2D eigenvalue weighted by atomic mass is 9.98. The summed E-state index contributed by atoms with van der Waals surface area (Å²) in [5, 5.41) is 5.36. The molecule has 0 bridgehead atoms. The molecule has 3 amide bonds. The molecular weight excluding hydrogens is 470 g/mol. The van der Waals surface area contributed by atoms with E-state index < -0.39 is 21.8 Å². The molecular formula is C24H27N5O5S. The smallest absolute Gasteiger partial charge is 0.313 e. The second-order valence-corrected chi connectivity index (χ2v) is 11.1. The zero-order chi connectivity index (χ0) is 24.6. The third-order valence-electron chi connectivity index (χ3n) is 6.91. The van der Waals surface area contributed by atoms with Crippen LogP contribution in [0.1, 0.15) is 30.4 Å². The number of rotatable bonds is 5. The zero-order valence-corrected chi connectivity index (χ0v) is 20.0. The van der Waals surface area contributed by atoms with E-state index in [1.54, 1.807) is 11.0 Å². The van der Waals surface area contributed by atoms with Gasteiger partial charge in [0.15, 0.2) is 0 Å². The largest absolute Gasteiger partial charge is 0.348 e. The SMILES string of the molecule is O=C(NCC1CCN(S(=O)(=O)c2cccnc2)CC1)C(=O)Nc1cc2c3c(c1)CCN3C(=O)CC2. The van der Waals surface area contributed by atoms with E-state index in [4.69, 9.17) is 0 Å². The lowest BCUT2D eigenvalue weighted by molar-refractivity contribution is -0.136. The number of anilines is 2. The molecule has 3 aliphatic heterocycles. The summed E-state index contributed by atoms with van der Waals surface area (Å²) in [4.78, 5) is 42.8. The second-order valence-electron chi connectivity index (χ2n) is 9.14. The molecule has 4 heterocycles. The molecule has 2 N–H and O–H groups in total. The van der Waals surface area contributed by atoms with Crippen LogP contribution in [0.15, 0.2) is 41.6 Å². The first-order chi connectivity index (χ1) is 16.8. The summed E-state index contributed by atoms with van der Waals surface area (Å²) in [6.07, 6.45) is 5.86. The van der Waals surface area contributed by atoms with Crippen molar-refractivity contribution in [3.05, 3.63) is 47.8 Å². The van der Waals surface area contributed by atoms with Gasteiger partial charge in [-0.25, -0.2) is 8.42 Å². The lowest BCUT2D eigenvalue weighted by Crippen LogP contribution is -2.43. The van der Waals surface area contributed by atoms with Crippen LogP contribution in [-0.4, -0.2) is 61.6 Å². The van der Waals surface area contributed by atoms with Gasteiger partial charge in [-0.3, -0.25) is 19.4 Å². The maximum absolute atomic E-state index is 12.7. The molecule has 11 heteroatoms. The molecule has 0 aliphatic carbocycles. The van der Waals surface area contributed by atoms with Crippen LogP contribution in [0.25, 0.3) is 0 Å². The lowest BCUT2D eigenvalue weighted by Gasteiger charge is -2.31. The van der Waals surface area contributed by atoms with Crippen LogP contribution in [0, 0.1) is 5.92 Å². The van der Waals surface area contributed by atoms with Gasteiger partial charge in [-0.15, -0.1) is 0 Å². The summed E-state index contributed by atoms with van der Waals surface area (Å²) >= 11 is 0. The van der Waals surface area contributed by atoms with Crippen molar-refractivity contribution in [1.29, 1.82) is 0 Å². The monoisotopic (exact) mass is 497 g/mol. The van der Waals surface area contributed by atoms with Gasteiger partial charge in [-0.1, -0.05) is 0 Å². The first-order valence-corrected chi connectivity index (χ1v) is 13.2. The van der Waals surface area contributed by atoms with Crippen LogP contribution in [0.5, 0.6) is 0 Å². The van der Waals surface area contributed by atoms with Gasteiger partial charge in [0.25, 0.3) is 0 Å².